The van der Waals surface area contributed by atoms with Gasteiger partial charge in [0.25, 0.3) is 0 Å². The number of benzene rings is 1. The molecule has 1 nitrogen and oxygen atoms in total. The molecule has 1 unspecified atom stereocenters. The van der Waals surface area contributed by atoms with Crippen molar-refractivity contribution in [2.75, 3.05) is 12.4 Å². The van der Waals surface area contributed by atoms with E-state index in [4.69, 9.17) is 4.74 Å². The number of rotatable bonds is 6. The van der Waals surface area contributed by atoms with E-state index in [1.54, 1.807) is 0 Å². The lowest BCUT2D eigenvalue weighted by atomic mass is 10.1. The molecule has 1 rings (SSSR count). The second-order valence-corrected chi connectivity index (χ2v) is 4.71. The van der Waals surface area contributed by atoms with Crippen LogP contribution in [-0.4, -0.2) is 12.4 Å². The van der Waals surface area contributed by atoms with Gasteiger partial charge in [-0.3, -0.25) is 0 Å². The molecule has 0 bridgehead atoms. The highest BCUT2D eigenvalue weighted by Gasteiger charge is 2.08. The Morgan fingerprint density at radius 2 is 2.06 bits per heavy atom. The van der Waals surface area contributed by atoms with E-state index in [9.17, 15) is 0 Å². The van der Waals surface area contributed by atoms with Gasteiger partial charge in [0.2, 0.25) is 0 Å². The molecule has 1 aromatic rings. The Labute approximate surface area is 105 Å². The summed E-state index contributed by atoms with van der Waals surface area (Å²) in [6, 6.07) is 6.21. The first-order valence-corrected chi connectivity index (χ1v) is 6.62. The highest BCUT2D eigenvalue weighted by Crippen LogP contribution is 2.21. The summed E-state index contributed by atoms with van der Waals surface area (Å²) in [6.07, 6.45) is 2.38. The number of thiol groups is 1. The van der Waals surface area contributed by atoms with Crippen molar-refractivity contribution in [1.29, 1.82) is 0 Å². The minimum Gasteiger partial charge on any atom is -0.493 e. The van der Waals surface area contributed by atoms with Crippen LogP contribution in [0.1, 0.15) is 30.9 Å². The van der Waals surface area contributed by atoms with Gasteiger partial charge in [-0.1, -0.05) is 25.5 Å². The Morgan fingerprint density at radius 1 is 1.31 bits per heavy atom. The Balaban J connectivity index is 2.56. The Bertz CT molecular complexity index is 323. The summed E-state index contributed by atoms with van der Waals surface area (Å²) in [5.74, 6) is 2.48. The molecular formula is C14H22OS. The third-order valence-electron chi connectivity index (χ3n) is 2.98. The van der Waals surface area contributed by atoms with Gasteiger partial charge in [-0.2, -0.15) is 12.6 Å². The molecule has 0 radical (unpaired) electrons. The Hall–Kier alpha value is -0.630. The van der Waals surface area contributed by atoms with E-state index < -0.39 is 0 Å². The predicted octanol–water partition coefficient (Wildman–Crippen LogP) is 4.03. The minimum absolute atomic E-state index is 0.563. The average molecular weight is 238 g/mol. The van der Waals surface area contributed by atoms with Gasteiger partial charge >= 0.3 is 0 Å². The molecule has 0 saturated carbocycles. The van der Waals surface area contributed by atoms with Gasteiger partial charge in [0.05, 0.1) is 6.61 Å². The lowest BCUT2D eigenvalue weighted by molar-refractivity contribution is 0.253. The molecule has 1 aromatic carbocycles. The molecule has 0 fully saturated rings. The normalized spacial score (nSPS) is 12.5. The molecule has 1 atom stereocenters. The Morgan fingerprint density at radius 3 is 2.69 bits per heavy atom. The van der Waals surface area contributed by atoms with Gasteiger partial charge in [0.15, 0.2) is 0 Å². The number of ether oxygens (including phenoxy) is 1. The van der Waals surface area contributed by atoms with E-state index in [0.717, 1.165) is 18.1 Å². The van der Waals surface area contributed by atoms with Crippen LogP contribution < -0.4 is 4.74 Å². The van der Waals surface area contributed by atoms with Gasteiger partial charge in [0, 0.05) is 5.92 Å². The van der Waals surface area contributed by atoms with Gasteiger partial charge in [-0.05, 0) is 43.2 Å². The second-order valence-electron chi connectivity index (χ2n) is 4.35. The topological polar surface area (TPSA) is 9.23 Å². The van der Waals surface area contributed by atoms with Crippen LogP contribution in [0.2, 0.25) is 0 Å². The van der Waals surface area contributed by atoms with Crippen molar-refractivity contribution in [1.82, 2.24) is 0 Å². The van der Waals surface area contributed by atoms with E-state index in [1.807, 2.05) is 12.1 Å². The van der Waals surface area contributed by atoms with Crippen molar-refractivity contribution >= 4 is 12.6 Å². The maximum absolute atomic E-state index is 5.87. The first kappa shape index (κ1) is 13.4. The monoisotopic (exact) mass is 238 g/mol. The summed E-state index contributed by atoms with van der Waals surface area (Å²) in [5.41, 5.74) is 2.53. The highest BCUT2D eigenvalue weighted by atomic mass is 32.1. The lowest BCUT2D eigenvalue weighted by Crippen LogP contribution is -2.14. The van der Waals surface area contributed by atoms with Crippen LogP contribution >= 0.6 is 12.6 Å². The quantitative estimate of drug-likeness (QED) is 0.736. The predicted molar refractivity (Wildman–Crippen MR) is 73.7 cm³/mol. The maximum Gasteiger partial charge on any atom is 0.122 e. The maximum atomic E-state index is 5.87. The number of hydrogen-bond donors (Lipinski definition) is 1. The van der Waals surface area contributed by atoms with Crippen LogP contribution in [0.5, 0.6) is 5.75 Å². The number of hydrogen-bond acceptors (Lipinski definition) is 2. The van der Waals surface area contributed by atoms with Crippen molar-refractivity contribution < 1.29 is 4.74 Å². The summed E-state index contributed by atoms with van der Waals surface area (Å²) in [7, 11) is 0. The second kappa shape index (κ2) is 6.85. The van der Waals surface area contributed by atoms with Crippen LogP contribution in [0.15, 0.2) is 18.2 Å². The summed E-state index contributed by atoms with van der Waals surface area (Å²) in [5, 5.41) is 0. The van der Waals surface area contributed by atoms with Crippen LogP contribution in [0.25, 0.3) is 0 Å². The van der Waals surface area contributed by atoms with E-state index in [2.05, 4.69) is 39.5 Å². The Kier molecular flexibility index (Phi) is 5.75. The van der Waals surface area contributed by atoms with Gasteiger partial charge in [0.1, 0.15) is 5.75 Å². The van der Waals surface area contributed by atoms with Gasteiger partial charge in [-0.25, -0.2) is 0 Å². The molecule has 2 heteroatoms. The van der Waals surface area contributed by atoms with Gasteiger partial charge in [-0.15, -0.1) is 0 Å². The van der Waals surface area contributed by atoms with Crippen LogP contribution in [0.3, 0.4) is 0 Å². The molecular weight excluding hydrogens is 216 g/mol. The van der Waals surface area contributed by atoms with Crippen molar-refractivity contribution in [3.8, 4) is 5.75 Å². The summed E-state index contributed by atoms with van der Waals surface area (Å²) in [4.78, 5) is 0. The number of aryl methyl sites for hydroxylation is 1. The molecule has 0 heterocycles. The van der Waals surface area contributed by atoms with Crippen LogP contribution in [-0.2, 0) is 0 Å². The molecule has 0 saturated heterocycles. The van der Waals surface area contributed by atoms with Crippen LogP contribution in [0, 0.1) is 19.8 Å². The molecule has 0 amide bonds. The summed E-state index contributed by atoms with van der Waals surface area (Å²) >= 11 is 4.36. The van der Waals surface area contributed by atoms with Crippen molar-refractivity contribution in [2.45, 2.75) is 33.6 Å². The zero-order chi connectivity index (χ0) is 12.0. The third-order valence-corrected chi connectivity index (χ3v) is 3.50. The third kappa shape index (κ3) is 3.75. The largest absolute Gasteiger partial charge is 0.493 e. The first-order chi connectivity index (χ1) is 7.69. The zero-order valence-electron chi connectivity index (χ0n) is 10.5. The fourth-order valence-electron chi connectivity index (χ4n) is 1.72. The molecule has 0 aliphatic heterocycles. The lowest BCUT2D eigenvalue weighted by Gasteiger charge is -2.16. The first-order valence-electron chi connectivity index (χ1n) is 5.98. The summed E-state index contributed by atoms with van der Waals surface area (Å²) in [6.45, 7) is 7.21. The fraction of sp³-hybridized carbons (Fsp3) is 0.571. The van der Waals surface area contributed by atoms with Gasteiger partial charge < -0.3 is 4.74 Å². The zero-order valence-corrected chi connectivity index (χ0v) is 11.4. The molecule has 0 aromatic heterocycles. The minimum atomic E-state index is 0.563. The van der Waals surface area contributed by atoms with E-state index in [-0.39, 0.29) is 0 Å². The van der Waals surface area contributed by atoms with Crippen molar-refractivity contribution in [2.24, 2.45) is 5.92 Å². The summed E-state index contributed by atoms with van der Waals surface area (Å²) < 4.78 is 5.87. The molecule has 90 valence electrons. The molecule has 0 aliphatic carbocycles. The van der Waals surface area contributed by atoms with Crippen LogP contribution in [0.4, 0.5) is 0 Å². The molecule has 16 heavy (non-hydrogen) atoms. The van der Waals surface area contributed by atoms with Crippen molar-refractivity contribution in [3.63, 3.8) is 0 Å². The smallest absolute Gasteiger partial charge is 0.122 e. The molecule has 0 N–H and O–H groups in total. The SMILES string of the molecule is CCCC(CS)COc1cccc(C)c1C. The standard InChI is InChI=1S/C14H22OS/c1-4-6-13(10-16)9-15-14-8-5-7-11(2)12(14)3/h5,7-8,13,16H,4,6,9-10H2,1-3H3. The molecule has 0 spiro atoms. The fourth-order valence-corrected chi connectivity index (χ4v) is 2.01. The van der Waals surface area contributed by atoms with E-state index in [1.165, 1.54) is 24.0 Å². The van der Waals surface area contributed by atoms with E-state index >= 15 is 0 Å². The average Bonchev–Trinajstić information content (AvgIpc) is 2.29. The highest BCUT2D eigenvalue weighted by molar-refractivity contribution is 7.80. The molecule has 0 aliphatic rings. The van der Waals surface area contributed by atoms with E-state index in [0.29, 0.717) is 5.92 Å². The van der Waals surface area contributed by atoms with Crippen molar-refractivity contribution in [3.05, 3.63) is 29.3 Å².